The van der Waals surface area contributed by atoms with Crippen LogP contribution in [0.1, 0.15) is 89.8 Å². The summed E-state index contributed by atoms with van der Waals surface area (Å²) in [5, 5.41) is 76.0. The topological polar surface area (TPSA) is 194 Å². The van der Waals surface area contributed by atoms with Crippen molar-refractivity contribution >= 4 is 11.6 Å². The van der Waals surface area contributed by atoms with Crippen LogP contribution >= 0.6 is 0 Å². The predicted octanol–water partition coefficient (Wildman–Crippen LogP) is 7.32. The maximum atomic E-state index is 14.8. The third-order valence-corrected chi connectivity index (χ3v) is 10.6. The van der Waals surface area contributed by atoms with Gasteiger partial charge in [0.2, 0.25) is 11.4 Å². The molecule has 4 aromatic rings. The van der Waals surface area contributed by atoms with Gasteiger partial charge in [0.15, 0.2) is 11.4 Å². The summed E-state index contributed by atoms with van der Waals surface area (Å²) in [4.78, 5) is 29.4. The van der Waals surface area contributed by atoms with Gasteiger partial charge in [0.25, 0.3) is 0 Å². The maximum absolute atomic E-state index is 14.8. The van der Waals surface area contributed by atoms with E-state index < -0.39 is 57.8 Å². The van der Waals surface area contributed by atoms with Crippen molar-refractivity contribution in [2.45, 2.75) is 63.6 Å². The Labute approximate surface area is 299 Å². The molecule has 2 heterocycles. The van der Waals surface area contributed by atoms with E-state index in [1.54, 1.807) is 26.0 Å². The molecule has 0 saturated carbocycles. The lowest BCUT2D eigenvalue weighted by molar-refractivity contribution is -0.0712. The minimum atomic E-state index is -1.75. The summed E-state index contributed by atoms with van der Waals surface area (Å²) < 4.78 is 13.0. The lowest BCUT2D eigenvalue weighted by Gasteiger charge is -2.45. The number of aromatic hydroxyl groups is 7. The fourth-order valence-corrected chi connectivity index (χ4v) is 8.13. The molecule has 7 rings (SSSR count). The van der Waals surface area contributed by atoms with Crippen molar-refractivity contribution in [2.24, 2.45) is 5.92 Å². The largest absolute Gasteiger partial charge is 0.508 e. The van der Waals surface area contributed by atoms with Crippen LogP contribution < -0.4 is 9.47 Å². The summed E-state index contributed by atoms with van der Waals surface area (Å²) >= 11 is 0. The minimum absolute atomic E-state index is 0.0878. The van der Waals surface area contributed by atoms with Gasteiger partial charge in [-0.15, -0.1) is 0 Å². The number of fused-ring (bicyclic) bond motifs is 4. The number of benzene rings is 4. The zero-order valence-corrected chi connectivity index (χ0v) is 28.8. The second-order valence-corrected chi connectivity index (χ2v) is 14.3. The van der Waals surface area contributed by atoms with Gasteiger partial charge in [0.05, 0.1) is 5.56 Å². The second-order valence-electron chi connectivity index (χ2n) is 14.3. The number of rotatable bonds is 6. The van der Waals surface area contributed by atoms with Gasteiger partial charge < -0.3 is 45.2 Å². The molecule has 0 spiro atoms. The van der Waals surface area contributed by atoms with Crippen LogP contribution in [0.15, 0.2) is 84.0 Å². The number of allylic oxidation sites excluding steroid dienone is 3. The number of phenols is 7. The van der Waals surface area contributed by atoms with Gasteiger partial charge in [-0.25, -0.2) is 0 Å². The third kappa shape index (κ3) is 5.10. The number of ether oxygens (including phenoxy) is 2. The summed E-state index contributed by atoms with van der Waals surface area (Å²) in [7, 11) is 0. The average molecular weight is 707 g/mol. The highest BCUT2D eigenvalue weighted by molar-refractivity contribution is 6.10. The van der Waals surface area contributed by atoms with Gasteiger partial charge in [0, 0.05) is 59.6 Å². The van der Waals surface area contributed by atoms with Crippen LogP contribution in [0.5, 0.6) is 51.7 Å². The van der Waals surface area contributed by atoms with Crippen molar-refractivity contribution in [3.05, 3.63) is 112 Å². The minimum Gasteiger partial charge on any atom is -0.508 e. The molecule has 0 amide bonds. The fourth-order valence-electron chi connectivity index (χ4n) is 8.13. The quantitative estimate of drug-likeness (QED) is 0.0784. The van der Waals surface area contributed by atoms with Crippen molar-refractivity contribution in [3.63, 3.8) is 0 Å². The second kappa shape index (κ2) is 12.0. The highest BCUT2D eigenvalue weighted by Gasteiger charge is 2.67. The molecule has 11 nitrogen and oxygen atoms in total. The smallest absolute Gasteiger partial charge is 0.218 e. The molecule has 52 heavy (non-hydrogen) atoms. The molecule has 3 aliphatic rings. The molecule has 0 radical (unpaired) electrons. The first-order valence-electron chi connectivity index (χ1n) is 16.8. The zero-order valence-electron chi connectivity index (χ0n) is 28.8. The summed E-state index contributed by atoms with van der Waals surface area (Å²) in [5.41, 5.74) is -1.34. The number of carbonyl (C=O) groups excluding carboxylic acids is 2. The van der Waals surface area contributed by atoms with Gasteiger partial charge in [-0.3, -0.25) is 9.59 Å². The van der Waals surface area contributed by atoms with Gasteiger partial charge in [-0.2, -0.15) is 0 Å². The van der Waals surface area contributed by atoms with Crippen molar-refractivity contribution in [1.29, 1.82) is 0 Å². The van der Waals surface area contributed by atoms with Crippen LogP contribution in [0.3, 0.4) is 0 Å². The van der Waals surface area contributed by atoms with E-state index in [0.29, 0.717) is 11.1 Å². The highest BCUT2D eigenvalue weighted by atomic mass is 16.6. The average Bonchev–Trinajstić information content (AvgIpc) is 3.30. The molecule has 2 aliphatic heterocycles. The van der Waals surface area contributed by atoms with E-state index in [4.69, 9.17) is 9.47 Å². The van der Waals surface area contributed by atoms with Crippen molar-refractivity contribution in [3.8, 4) is 51.7 Å². The molecular formula is C41H38O11. The van der Waals surface area contributed by atoms with E-state index in [2.05, 4.69) is 0 Å². The molecule has 4 aromatic carbocycles. The number of hydrogen-bond donors (Lipinski definition) is 7. The zero-order chi connectivity index (χ0) is 37.4. The molecule has 0 aromatic heterocycles. The van der Waals surface area contributed by atoms with Gasteiger partial charge in [-0.05, 0) is 70.0 Å². The number of ketones is 2. The Hall–Kier alpha value is -6.10. The summed E-state index contributed by atoms with van der Waals surface area (Å²) in [6.45, 7) is 7.12. The van der Waals surface area contributed by atoms with Crippen LogP contribution in [-0.4, -0.2) is 52.9 Å². The SMILES string of the molecule is CC(C)=CC[C@]12Oc3cc(O)c([C@H]4C=C(C)C[C@H](c5ccc(O)cc5O)[C@H]4C(=O)c4ccc(O)cc4O)c(O)c3C(=O)[C@@]1(C)Oc1cc(O)ccc12. The first-order chi connectivity index (χ1) is 24.6. The molecule has 0 fully saturated rings. The molecule has 0 bridgehead atoms. The number of carbonyl (C=O) groups is 2. The lowest BCUT2D eigenvalue weighted by Crippen LogP contribution is -2.60. The Morgan fingerprint density at radius 1 is 0.827 bits per heavy atom. The van der Waals surface area contributed by atoms with E-state index in [-0.39, 0.29) is 64.0 Å². The normalized spacial score (nSPS) is 24.4. The fraction of sp³-hybridized carbons (Fsp3) is 0.268. The first kappa shape index (κ1) is 34.4. The van der Waals surface area contributed by atoms with E-state index in [0.717, 1.165) is 23.3 Å². The van der Waals surface area contributed by atoms with Crippen LogP contribution in [0.25, 0.3) is 0 Å². The Bertz CT molecular complexity index is 2250. The Balaban J connectivity index is 1.43. The standard InChI is InChI=1S/C41H38O11/c1-19(2)11-12-41-28-10-7-23(44)17-32(28)51-40(41,4)39(50)36-33(52-41)18-31(47)35(38(36)49)27-14-20(3)13-26(24-8-5-21(42)15-29(24)45)34(27)37(48)25-9-6-22(43)16-30(25)46/h5-11,14-18,26-27,34,42-47,49H,12-13H2,1-4H3/t26-,27+,34-,40-,41-/m1/s1. The molecule has 11 heteroatoms. The van der Waals surface area contributed by atoms with Crippen molar-refractivity contribution in [2.75, 3.05) is 0 Å². The van der Waals surface area contributed by atoms with Crippen LogP contribution in [0.4, 0.5) is 0 Å². The molecule has 0 saturated heterocycles. The van der Waals surface area contributed by atoms with E-state index in [9.17, 15) is 45.3 Å². The lowest BCUT2D eigenvalue weighted by atomic mass is 9.64. The number of Topliss-reactive ketones (excluding diaryl/α,β-unsaturated/α-hetero) is 2. The first-order valence-corrected chi connectivity index (χ1v) is 16.8. The number of phenolic OH excluding ortho intramolecular Hbond substituents is 7. The van der Waals surface area contributed by atoms with E-state index in [1.165, 1.54) is 42.5 Å². The third-order valence-electron chi connectivity index (χ3n) is 10.6. The Morgan fingerprint density at radius 2 is 1.48 bits per heavy atom. The van der Waals surface area contributed by atoms with Gasteiger partial charge >= 0.3 is 0 Å². The Morgan fingerprint density at radius 3 is 2.15 bits per heavy atom. The van der Waals surface area contributed by atoms with E-state index in [1.807, 2.05) is 19.9 Å². The van der Waals surface area contributed by atoms with E-state index >= 15 is 0 Å². The van der Waals surface area contributed by atoms with Crippen molar-refractivity contribution < 1.29 is 54.8 Å². The van der Waals surface area contributed by atoms with Crippen molar-refractivity contribution in [1.82, 2.24) is 0 Å². The van der Waals surface area contributed by atoms with Crippen LogP contribution in [-0.2, 0) is 5.60 Å². The highest BCUT2D eigenvalue weighted by Crippen LogP contribution is 2.61. The molecule has 268 valence electrons. The molecule has 0 unspecified atom stereocenters. The number of hydrogen-bond acceptors (Lipinski definition) is 11. The molecule has 1 aliphatic carbocycles. The summed E-state index contributed by atoms with van der Waals surface area (Å²) in [6.07, 6.45) is 3.99. The molecular weight excluding hydrogens is 668 g/mol. The van der Waals surface area contributed by atoms with Gasteiger partial charge in [-0.1, -0.05) is 29.4 Å². The molecule has 7 N–H and O–H groups in total. The molecule has 5 atom stereocenters. The maximum Gasteiger partial charge on any atom is 0.218 e. The predicted molar refractivity (Wildman–Crippen MR) is 189 cm³/mol. The summed E-state index contributed by atoms with van der Waals surface area (Å²) in [6, 6.07) is 13.2. The van der Waals surface area contributed by atoms with Crippen LogP contribution in [0.2, 0.25) is 0 Å². The Kier molecular flexibility index (Phi) is 7.93. The van der Waals surface area contributed by atoms with Gasteiger partial charge in [0.1, 0.15) is 57.3 Å². The monoisotopic (exact) mass is 706 g/mol. The van der Waals surface area contributed by atoms with Crippen LogP contribution in [0, 0.1) is 5.92 Å². The summed E-state index contributed by atoms with van der Waals surface area (Å²) in [5.74, 6) is -6.82.